The van der Waals surface area contributed by atoms with Crippen molar-refractivity contribution in [3.8, 4) is 0 Å². The summed E-state index contributed by atoms with van der Waals surface area (Å²) in [4.78, 5) is 0. The van der Waals surface area contributed by atoms with Gasteiger partial charge in [0.1, 0.15) is 6.10 Å². The Bertz CT molecular complexity index is 451. The van der Waals surface area contributed by atoms with Crippen molar-refractivity contribution in [1.29, 1.82) is 0 Å². The summed E-state index contributed by atoms with van der Waals surface area (Å²) < 4.78 is 1.04. The van der Waals surface area contributed by atoms with Crippen molar-refractivity contribution < 1.29 is 5.11 Å². The van der Waals surface area contributed by atoms with E-state index in [1.165, 1.54) is 5.56 Å². The molecule has 0 saturated carbocycles. The average molecular weight is 283 g/mol. The van der Waals surface area contributed by atoms with Crippen LogP contribution in [0.25, 0.3) is 0 Å². The van der Waals surface area contributed by atoms with E-state index in [1.54, 1.807) is 11.3 Å². The van der Waals surface area contributed by atoms with Gasteiger partial charge in [-0.3, -0.25) is 0 Å². The second-order valence-corrected chi connectivity index (χ2v) is 5.10. The van der Waals surface area contributed by atoms with Gasteiger partial charge in [0.2, 0.25) is 0 Å². The first-order valence-electron chi connectivity index (χ1n) is 4.64. The Morgan fingerprint density at radius 2 is 2.07 bits per heavy atom. The quantitative estimate of drug-likeness (QED) is 0.886. The highest BCUT2D eigenvalue weighted by atomic mass is 79.9. The van der Waals surface area contributed by atoms with E-state index in [1.807, 2.05) is 41.9 Å². The molecule has 15 heavy (non-hydrogen) atoms. The smallest absolute Gasteiger partial charge is 0.105 e. The number of hydrogen-bond acceptors (Lipinski definition) is 2. The summed E-state index contributed by atoms with van der Waals surface area (Å²) in [6, 6.07) is 7.89. The molecule has 0 aliphatic carbocycles. The van der Waals surface area contributed by atoms with Crippen LogP contribution in [-0.2, 0) is 0 Å². The Balaban J connectivity index is 2.34. The highest BCUT2D eigenvalue weighted by molar-refractivity contribution is 9.10. The van der Waals surface area contributed by atoms with Gasteiger partial charge in [-0.1, -0.05) is 28.1 Å². The molecule has 2 aromatic rings. The Labute approximate surface area is 102 Å². The Hall–Kier alpha value is -0.640. The number of rotatable bonds is 2. The van der Waals surface area contributed by atoms with Crippen molar-refractivity contribution in [2.75, 3.05) is 0 Å². The largest absolute Gasteiger partial charge is 0.384 e. The fourth-order valence-electron chi connectivity index (χ4n) is 1.40. The molecule has 0 bridgehead atoms. The lowest BCUT2D eigenvalue weighted by Crippen LogP contribution is -1.98. The third kappa shape index (κ3) is 2.30. The number of aryl methyl sites for hydroxylation is 1. The van der Waals surface area contributed by atoms with Crippen LogP contribution in [0.2, 0.25) is 0 Å². The van der Waals surface area contributed by atoms with Crippen LogP contribution in [0, 0.1) is 6.92 Å². The topological polar surface area (TPSA) is 20.2 Å². The van der Waals surface area contributed by atoms with Crippen molar-refractivity contribution in [1.82, 2.24) is 0 Å². The van der Waals surface area contributed by atoms with Gasteiger partial charge in [0, 0.05) is 4.47 Å². The van der Waals surface area contributed by atoms with Gasteiger partial charge in [-0.15, -0.1) is 0 Å². The normalized spacial score (nSPS) is 12.7. The third-order valence-electron chi connectivity index (χ3n) is 2.37. The predicted octanol–water partition coefficient (Wildman–Crippen LogP) is 3.90. The molecule has 0 aliphatic heterocycles. The van der Waals surface area contributed by atoms with Crippen molar-refractivity contribution in [2.24, 2.45) is 0 Å². The Morgan fingerprint density at radius 1 is 1.27 bits per heavy atom. The lowest BCUT2D eigenvalue weighted by atomic mass is 10.0. The molecule has 0 saturated heterocycles. The summed E-state index contributed by atoms with van der Waals surface area (Å²) in [5, 5.41) is 14.0. The van der Waals surface area contributed by atoms with Crippen LogP contribution in [0.3, 0.4) is 0 Å². The molecule has 1 atom stereocenters. The minimum atomic E-state index is -0.520. The average Bonchev–Trinajstić information content (AvgIpc) is 2.74. The SMILES string of the molecule is Cc1ccc(C(O)c2ccsc2)cc1Br. The van der Waals surface area contributed by atoms with E-state index in [9.17, 15) is 5.11 Å². The fourth-order valence-corrected chi connectivity index (χ4v) is 2.48. The molecular weight excluding hydrogens is 272 g/mol. The molecular formula is C12H11BrOS. The summed E-state index contributed by atoms with van der Waals surface area (Å²) >= 11 is 5.07. The van der Waals surface area contributed by atoms with E-state index in [4.69, 9.17) is 0 Å². The maximum absolute atomic E-state index is 10.1. The van der Waals surface area contributed by atoms with E-state index < -0.39 is 6.10 Å². The van der Waals surface area contributed by atoms with E-state index in [2.05, 4.69) is 15.9 Å². The van der Waals surface area contributed by atoms with E-state index in [0.717, 1.165) is 15.6 Å². The predicted molar refractivity (Wildman–Crippen MR) is 67.3 cm³/mol. The van der Waals surface area contributed by atoms with Gasteiger partial charge in [-0.2, -0.15) is 11.3 Å². The number of benzene rings is 1. The number of hydrogen-bond donors (Lipinski definition) is 1. The molecule has 0 fully saturated rings. The third-order valence-corrected chi connectivity index (χ3v) is 3.93. The Morgan fingerprint density at radius 3 is 2.67 bits per heavy atom. The lowest BCUT2D eigenvalue weighted by molar-refractivity contribution is 0.221. The molecule has 0 amide bonds. The molecule has 1 aromatic heterocycles. The number of halogens is 1. The van der Waals surface area contributed by atoms with E-state index in [-0.39, 0.29) is 0 Å². The standard InChI is InChI=1S/C12H11BrOS/c1-8-2-3-9(6-11(8)13)12(14)10-4-5-15-7-10/h2-7,12,14H,1H3. The van der Waals surface area contributed by atoms with Gasteiger partial charge < -0.3 is 5.11 Å². The van der Waals surface area contributed by atoms with Gasteiger partial charge in [0.25, 0.3) is 0 Å². The van der Waals surface area contributed by atoms with Crippen LogP contribution in [0.4, 0.5) is 0 Å². The summed E-state index contributed by atoms with van der Waals surface area (Å²) in [5.74, 6) is 0. The maximum atomic E-state index is 10.1. The highest BCUT2D eigenvalue weighted by Crippen LogP contribution is 2.27. The van der Waals surface area contributed by atoms with Gasteiger partial charge in [0.15, 0.2) is 0 Å². The zero-order valence-electron chi connectivity index (χ0n) is 8.27. The van der Waals surface area contributed by atoms with Crippen LogP contribution < -0.4 is 0 Å². The van der Waals surface area contributed by atoms with Crippen LogP contribution in [0.15, 0.2) is 39.5 Å². The summed E-state index contributed by atoms with van der Waals surface area (Å²) in [6.45, 7) is 2.03. The van der Waals surface area contributed by atoms with Gasteiger partial charge in [-0.05, 0) is 46.5 Å². The van der Waals surface area contributed by atoms with Crippen molar-refractivity contribution in [2.45, 2.75) is 13.0 Å². The first kappa shape index (κ1) is 10.9. The monoisotopic (exact) mass is 282 g/mol. The molecule has 1 unspecified atom stereocenters. The second kappa shape index (κ2) is 4.47. The van der Waals surface area contributed by atoms with Gasteiger partial charge >= 0.3 is 0 Å². The molecule has 3 heteroatoms. The molecule has 1 nitrogen and oxygen atoms in total. The first-order valence-corrected chi connectivity index (χ1v) is 6.38. The van der Waals surface area contributed by atoms with Gasteiger partial charge in [0.05, 0.1) is 0 Å². The molecule has 0 radical (unpaired) electrons. The summed E-state index contributed by atoms with van der Waals surface area (Å²) in [5.41, 5.74) is 3.05. The number of aliphatic hydroxyl groups excluding tert-OH is 1. The zero-order chi connectivity index (χ0) is 10.8. The van der Waals surface area contributed by atoms with Crippen LogP contribution in [-0.4, -0.2) is 5.11 Å². The van der Waals surface area contributed by atoms with Crippen molar-refractivity contribution in [3.05, 3.63) is 56.2 Å². The van der Waals surface area contributed by atoms with E-state index >= 15 is 0 Å². The molecule has 1 heterocycles. The lowest BCUT2D eigenvalue weighted by Gasteiger charge is -2.10. The minimum Gasteiger partial charge on any atom is -0.384 e. The molecule has 2 rings (SSSR count). The molecule has 1 N–H and O–H groups in total. The fraction of sp³-hybridized carbons (Fsp3) is 0.167. The zero-order valence-corrected chi connectivity index (χ0v) is 10.7. The van der Waals surface area contributed by atoms with Crippen LogP contribution >= 0.6 is 27.3 Å². The van der Waals surface area contributed by atoms with Gasteiger partial charge in [-0.25, -0.2) is 0 Å². The maximum Gasteiger partial charge on any atom is 0.105 e. The van der Waals surface area contributed by atoms with Crippen molar-refractivity contribution >= 4 is 27.3 Å². The van der Waals surface area contributed by atoms with Crippen LogP contribution in [0.5, 0.6) is 0 Å². The number of aliphatic hydroxyl groups is 1. The van der Waals surface area contributed by atoms with E-state index in [0.29, 0.717) is 0 Å². The molecule has 78 valence electrons. The summed E-state index contributed by atoms with van der Waals surface area (Å²) in [7, 11) is 0. The minimum absolute atomic E-state index is 0.520. The molecule has 1 aromatic carbocycles. The highest BCUT2D eigenvalue weighted by Gasteiger charge is 2.11. The first-order chi connectivity index (χ1) is 7.18. The molecule has 0 aliphatic rings. The number of thiophene rings is 1. The molecule has 0 spiro atoms. The second-order valence-electron chi connectivity index (χ2n) is 3.47. The summed E-state index contributed by atoms with van der Waals surface area (Å²) in [6.07, 6.45) is -0.520. The Kier molecular flexibility index (Phi) is 3.24. The van der Waals surface area contributed by atoms with Crippen LogP contribution in [0.1, 0.15) is 22.8 Å². The van der Waals surface area contributed by atoms with Crippen molar-refractivity contribution in [3.63, 3.8) is 0 Å².